The molecule has 0 aliphatic carbocycles. The van der Waals surface area contributed by atoms with Crippen LogP contribution in [0.2, 0.25) is 10.4 Å². The predicted molar refractivity (Wildman–Crippen MR) is 85.3 cm³/mol. The highest BCUT2D eigenvalue weighted by atomic mass is 35.5. The van der Waals surface area contributed by atoms with Crippen molar-refractivity contribution in [2.75, 3.05) is 13.2 Å². The molecule has 0 radical (unpaired) electrons. The van der Waals surface area contributed by atoms with E-state index in [-0.39, 0.29) is 35.2 Å². The second kappa shape index (κ2) is 6.96. The largest absolute Gasteiger partial charge is 0.451 e. The number of rotatable bonds is 4. The number of fused-ring (bicyclic) bond motifs is 1. The summed E-state index contributed by atoms with van der Waals surface area (Å²) in [5.74, 6) is -1.40. The minimum Gasteiger partial charge on any atom is -0.451 e. The van der Waals surface area contributed by atoms with Crippen LogP contribution in [-0.4, -0.2) is 49.6 Å². The lowest BCUT2D eigenvalue weighted by Gasteiger charge is -2.16. The van der Waals surface area contributed by atoms with Crippen LogP contribution in [0.4, 0.5) is 0 Å². The summed E-state index contributed by atoms with van der Waals surface area (Å²) in [7, 11) is 0. The van der Waals surface area contributed by atoms with Gasteiger partial charge in [0.15, 0.2) is 22.6 Å². The zero-order valence-electron chi connectivity index (χ0n) is 13.1. The molecule has 4 heterocycles. The highest BCUT2D eigenvalue weighted by Crippen LogP contribution is 2.32. The highest BCUT2D eigenvalue weighted by Gasteiger charge is 2.51. The van der Waals surface area contributed by atoms with Crippen molar-refractivity contribution in [3.8, 4) is 0 Å². The standard InChI is InChI=1S/C16H12Cl2O8/c17-11-3-1-7(23-11)15(19)25-9-5-21-14-10(6-22-13(9)14)26-16(20)8-2-4-12(18)24-8/h1-4,9-10,13-14H,5-6H2/t9-,10+,13-,14-/m1/s1. The lowest BCUT2D eigenvalue weighted by atomic mass is 10.1. The maximum Gasteiger partial charge on any atom is 0.374 e. The summed E-state index contributed by atoms with van der Waals surface area (Å²) in [5, 5.41) is 0.166. The smallest absolute Gasteiger partial charge is 0.374 e. The van der Waals surface area contributed by atoms with Gasteiger partial charge in [-0.15, -0.1) is 0 Å². The van der Waals surface area contributed by atoms with E-state index in [9.17, 15) is 9.59 Å². The second-order valence-corrected chi connectivity index (χ2v) is 6.44. The summed E-state index contributed by atoms with van der Waals surface area (Å²) < 4.78 is 31.9. The number of esters is 2. The Morgan fingerprint density at radius 3 is 1.58 bits per heavy atom. The quantitative estimate of drug-likeness (QED) is 0.719. The summed E-state index contributed by atoms with van der Waals surface area (Å²) in [4.78, 5) is 24.1. The van der Waals surface area contributed by atoms with Crippen LogP contribution in [0, 0.1) is 0 Å². The van der Waals surface area contributed by atoms with E-state index >= 15 is 0 Å². The number of hydrogen-bond acceptors (Lipinski definition) is 8. The van der Waals surface area contributed by atoms with Crippen molar-refractivity contribution in [3.63, 3.8) is 0 Å². The third-order valence-electron chi connectivity index (χ3n) is 4.03. The Morgan fingerprint density at radius 2 is 1.23 bits per heavy atom. The van der Waals surface area contributed by atoms with E-state index < -0.39 is 36.4 Å². The molecule has 0 unspecified atom stereocenters. The molecule has 2 aromatic rings. The number of carbonyl (C=O) groups is 2. The average Bonchev–Trinajstić information content (AvgIpc) is 3.35. The van der Waals surface area contributed by atoms with Crippen LogP contribution in [0.3, 0.4) is 0 Å². The van der Waals surface area contributed by atoms with Crippen molar-refractivity contribution in [1.29, 1.82) is 0 Å². The Hall–Kier alpha value is -2.00. The van der Waals surface area contributed by atoms with Gasteiger partial charge in [0.05, 0.1) is 13.2 Å². The number of carbonyl (C=O) groups excluding carboxylic acids is 2. The summed E-state index contributed by atoms with van der Waals surface area (Å²) in [6.07, 6.45) is -2.42. The van der Waals surface area contributed by atoms with Gasteiger partial charge in [0, 0.05) is 0 Å². The first-order valence-corrected chi connectivity index (χ1v) is 8.42. The third kappa shape index (κ3) is 3.33. The van der Waals surface area contributed by atoms with E-state index in [1.54, 1.807) is 0 Å². The van der Waals surface area contributed by atoms with Crippen LogP contribution in [-0.2, 0) is 18.9 Å². The number of furan rings is 2. The minimum absolute atomic E-state index is 0.0193. The zero-order valence-corrected chi connectivity index (χ0v) is 14.6. The Kier molecular flexibility index (Phi) is 4.66. The third-order valence-corrected chi connectivity index (χ3v) is 4.43. The van der Waals surface area contributed by atoms with E-state index in [2.05, 4.69) is 0 Å². The molecule has 138 valence electrons. The fourth-order valence-electron chi connectivity index (χ4n) is 2.87. The summed E-state index contributed by atoms with van der Waals surface area (Å²) in [6, 6.07) is 5.70. The SMILES string of the molecule is O=C(O[C@H]1CO[C@H]2[C@@H]1OC[C@H]2OC(=O)c1ccc(Cl)o1)c1ccc(Cl)o1. The first-order valence-electron chi connectivity index (χ1n) is 7.67. The molecule has 2 aromatic heterocycles. The maximum atomic E-state index is 12.1. The van der Waals surface area contributed by atoms with Gasteiger partial charge in [0.2, 0.25) is 11.5 Å². The van der Waals surface area contributed by atoms with Gasteiger partial charge in [-0.1, -0.05) is 0 Å². The molecule has 2 aliphatic rings. The molecule has 0 bridgehead atoms. The van der Waals surface area contributed by atoms with Gasteiger partial charge < -0.3 is 27.8 Å². The predicted octanol–water partition coefficient (Wildman–Crippen LogP) is 2.73. The second-order valence-electron chi connectivity index (χ2n) is 5.69. The first kappa shape index (κ1) is 17.4. The normalized spacial score (nSPS) is 27.3. The Labute approximate surface area is 156 Å². The lowest BCUT2D eigenvalue weighted by Crippen LogP contribution is -2.35. The van der Waals surface area contributed by atoms with Crippen LogP contribution >= 0.6 is 23.2 Å². The molecular formula is C16H12Cl2O8. The number of ether oxygens (including phenoxy) is 4. The van der Waals surface area contributed by atoms with E-state index in [1.807, 2.05) is 0 Å². The number of halogens is 2. The molecule has 26 heavy (non-hydrogen) atoms. The monoisotopic (exact) mass is 402 g/mol. The van der Waals surface area contributed by atoms with Crippen molar-refractivity contribution < 1.29 is 37.4 Å². The van der Waals surface area contributed by atoms with Crippen LogP contribution in [0.25, 0.3) is 0 Å². The zero-order chi connectivity index (χ0) is 18.3. The van der Waals surface area contributed by atoms with Crippen LogP contribution in [0.1, 0.15) is 21.1 Å². The van der Waals surface area contributed by atoms with Gasteiger partial charge in [-0.25, -0.2) is 9.59 Å². The van der Waals surface area contributed by atoms with Crippen molar-refractivity contribution in [2.24, 2.45) is 0 Å². The molecule has 4 rings (SSSR count). The van der Waals surface area contributed by atoms with Crippen LogP contribution in [0.15, 0.2) is 33.1 Å². The maximum absolute atomic E-state index is 12.1. The summed E-state index contributed by atoms with van der Waals surface area (Å²) in [6.45, 7) is 0.215. The first-order chi connectivity index (χ1) is 12.5. The average molecular weight is 403 g/mol. The minimum atomic E-state index is -0.680. The topological polar surface area (TPSA) is 97.3 Å². The van der Waals surface area contributed by atoms with Crippen molar-refractivity contribution in [1.82, 2.24) is 0 Å². The van der Waals surface area contributed by atoms with E-state index in [0.717, 1.165) is 0 Å². The Balaban J connectivity index is 1.36. The van der Waals surface area contributed by atoms with Gasteiger partial charge in [-0.3, -0.25) is 0 Å². The molecular weight excluding hydrogens is 391 g/mol. The molecule has 2 saturated heterocycles. The van der Waals surface area contributed by atoms with Crippen molar-refractivity contribution in [2.45, 2.75) is 24.4 Å². The molecule has 2 fully saturated rings. The van der Waals surface area contributed by atoms with Gasteiger partial charge in [0.1, 0.15) is 12.2 Å². The van der Waals surface area contributed by atoms with Crippen LogP contribution in [0.5, 0.6) is 0 Å². The fraction of sp³-hybridized carbons (Fsp3) is 0.375. The fourth-order valence-corrected chi connectivity index (χ4v) is 3.16. The molecule has 8 nitrogen and oxygen atoms in total. The molecule has 4 atom stereocenters. The van der Waals surface area contributed by atoms with Gasteiger partial charge in [0.25, 0.3) is 0 Å². The Morgan fingerprint density at radius 1 is 0.808 bits per heavy atom. The molecule has 0 N–H and O–H groups in total. The van der Waals surface area contributed by atoms with E-state index in [4.69, 9.17) is 51.0 Å². The van der Waals surface area contributed by atoms with E-state index in [1.165, 1.54) is 24.3 Å². The molecule has 10 heteroatoms. The van der Waals surface area contributed by atoms with Gasteiger partial charge in [-0.05, 0) is 47.5 Å². The summed E-state index contributed by atoms with van der Waals surface area (Å²) in [5.41, 5.74) is 0. The van der Waals surface area contributed by atoms with Crippen molar-refractivity contribution >= 4 is 35.1 Å². The molecule has 0 amide bonds. The van der Waals surface area contributed by atoms with E-state index in [0.29, 0.717) is 0 Å². The molecule has 2 aliphatic heterocycles. The number of hydrogen-bond donors (Lipinski definition) is 0. The molecule has 0 aromatic carbocycles. The lowest BCUT2D eigenvalue weighted by molar-refractivity contribution is -0.0307. The summed E-state index contributed by atoms with van der Waals surface area (Å²) >= 11 is 11.3. The van der Waals surface area contributed by atoms with Crippen molar-refractivity contribution in [3.05, 3.63) is 46.2 Å². The van der Waals surface area contributed by atoms with Gasteiger partial charge >= 0.3 is 11.9 Å². The molecule has 0 spiro atoms. The highest BCUT2D eigenvalue weighted by molar-refractivity contribution is 6.29. The van der Waals surface area contributed by atoms with Gasteiger partial charge in [-0.2, -0.15) is 0 Å². The Bertz CT molecular complexity index is 760. The van der Waals surface area contributed by atoms with Crippen LogP contribution < -0.4 is 0 Å². The molecule has 0 saturated carbocycles.